The van der Waals surface area contributed by atoms with E-state index in [9.17, 15) is 9.90 Å². The number of rotatable bonds is 20. The van der Waals surface area contributed by atoms with Gasteiger partial charge in [0.05, 0.1) is 70.2 Å². The number of epoxide rings is 1. The van der Waals surface area contributed by atoms with Crippen molar-refractivity contribution in [3.8, 4) is 0 Å². The number of aliphatic hydroxyl groups excluding tert-OH is 1. The van der Waals surface area contributed by atoms with E-state index in [1.54, 1.807) is 0 Å². The molecule has 0 bridgehead atoms. The van der Waals surface area contributed by atoms with Crippen molar-refractivity contribution in [2.75, 3.05) is 39.6 Å². The maximum absolute atomic E-state index is 11.8. The predicted octanol–water partition coefficient (Wildman–Crippen LogP) is 9.38. The van der Waals surface area contributed by atoms with Crippen LogP contribution in [0, 0.1) is 34.5 Å². The molecule has 3 unspecified atom stereocenters. The van der Waals surface area contributed by atoms with E-state index in [1.807, 2.05) is 0 Å². The molecule has 6 fully saturated rings. The molecular formula is C47H82O9. The van der Waals surface area contributed by atoms with Crippen molar-refractivity contribution in [3.63, 3.8) is 0 Å². The Balaban J connectivity index is 0.808. The molecule has 0 aromatic carbocycles. The molecule has 56 heavy (non-hydrogen) atoms. The van der Waals surface area contributed by atoms with Gasteiger partial charge in [-0.05, 0) is 150 Å². The van der Waals surface area contributed by atoms with Gasteiger partial charge in [0.1, 0.15) is 18.3 Å². The molecule has 0 amide bonds. The summed E-state index contributed by atoms with van der Waals surface area (Å²) in [5.74, 6) is 2.65. The summed E-state index contributed by atoms with van der Waals surface area (Å²) in [5.41, 5.74) is 0.638. The van der Waals surface area contributed by atoms with Crippen LogP contribution in [0.5, 0.6) is 0 Å². The molecule has 3 atom stereocenters. The van der Waals surface area contributed by atoms with Gasteiger partial charge in [0.25, 0.3) is 0 Å². The van der Waals surface area contributed by atoms with Gasteiger partial charge in [0.15, 0.2) is 0 Å². The lowest BCUT2D eigenvalue weighted by molar-refractivity contribution is -0.158. The van der Waals surface area contributed by atoms with Gasteiger partial charge in [0, 0.05) is 6.92 Å². The van der Waals surface area contributed by atoms with Crippen molar-refractivity contribution in [2.45, 2.75) is 218 Å². The van der Waals surface area contributed by atoms with Gasteiger partial charge < -0.3 is 38.3 Å². The number of hydrogen-bond donors (Lipinski definition) is 1. The molecule has 1 N–H and O–H groups in total. The highest BCUT2D eigenvalue weighted by molar-refractivity contribution is 5.66. The first-order valence-corrected chi connectivity index (χ1v) is 23.5. The zero-order chi connectivity index (χ0) is 39.5. The number of hydrogen-bond acceptors (Lipinski definition) is 9. The highest BCUT2D eigenvalue weighted by Gasteiger charge is 2.43. The lowest BCUT2D eigenvalue weighted by atomic mass is 9.60. The Morgan fingerprint density at radius 2 is 0.875 bits per heavy atom. The van der Waals surface area contributed by atoms with Crippen LogP contribution in [0.15, 0.2) is 0 Å². The fourth-order valence-electron chi connectivity index (χ4n) is 11.6. The summed E-state index contributed by atoms with van der Waals surface area (Å²) in [6.45, 7) is 14.8. The quantitative estimate of drug-likeness (QED) is 0.0955. The van der Waals surface area contributed by atoms with Crippen molar-refractivity contribution in [1.82, 2.24) is 0 Å². The lowest BCUT2D eigenvalue weighted by Crippen LogP contribution is -2.40. The van der Waals surface area contributed by atoms with Crippen LogP contribution in [-0.2, 0) is 38.0 Å². The van der Waals surface area contributed by atoms with E-state index in [4.69, 9.17) is 33.2 Å². The second-order valence-corrected chi connectivity index (χ2v) is 20.3. The SMILES string of the molecule is CC(=O)OC(COC1CCCCC1)COC1CCC(C(C)(C)C2CCC(OCC(O)COC3CCC(C(C)(C)C4CCC(OCC5CO5)CC4)CC3)CC2)CC1. The van der Waals surface area contributed by atoms with Crippen molar-refractivity contribution in [3.05, 3.63) is 0 Å². The van der Waals surface area contributed by atoms with Crippen molar-refractivity contribution in [2.24, 2.45) is 34.5 Å². The molecule has 0 aromatic heterocycles. The lowest BCUT2D eigenvalue weighted by Gasteiger charge is -2.47. The third kappa shape index (κ3) is 13.6. The van der Waals surface area contributed by atoms with Crippen molar-refractivity contribution < 1.29 is 43.1 Å². The first-order chi connectivity index (χ1) is 27.0. The number of aliphatic hydroxyl groups is 1. The molecule has 1 heterocycles. The number of ether oxygens (including phenoxy) is 7. The molecule has 9 nitrogen and oxygen atoms in total. The fraction of sp³-hybridized carbons (Fsp3) is 0.979. The van der Waals surface area contributed by atoms with Gasteiger partial charge in [-0.2, -0.15) is 0 Å². The van der Waals surface area contributed by atoms with Crippen LogP contribution < -0.4 is 0 Å². The van der Waals surface area contributed by atoms with Crippen LogP contribution in [0.4, 0.5) is 0 Å². The van der Waals surface area contributed by atoms with E-state index in [-0.39, 0.29) is 35.8 Å². The summed E-state index contributed by atoms with van der Waals surface area (Å²) in [4.78, 5) is 11.8. The van der Waals surface area contributed by atoms with E-state index in [1.165, 1.54) is 90.4 Å². The monoisotopic (exact) mass is 791 g/mol. The second kappa shape index (κ2) is 21.6. The molecule has 6 rings (SSSR count). The minimum absolute atomic E-state index is 0.227. The zero-order valence-corrected chi connectivity index (χ0v) is 36.2. The second-order valence-electron chi connectivity index (χ2n) is 20.3. The molecule has 5 saturated carbocycles. The van der Waals surface area contributed by atoms with Crippen LogP contribution >= 0.6 is 0 Å². The largest absolute Gasteiger partial charge is 0.458 e. The number of carbonyl (C=O) groups excluding carboxylic acids is 1. The Labute approximate surface area is 340 Å². The summed E-state index contributed by atoms with van der Waals surface area (Å²) in [6, 6.07) is 0. The average Bonchev–Trinajstić information content (AvgIpc) is 4.05. The van der Waals surface area contributed by atoms with Gasteiger partial charge in [-0.1, -0.05) is 47.0 Å². The van der Waals surface area contributed by atoms with E-state index < -0.39 is 6.10 Å². The predicted molar refractivity (Wildman–Crippen MR) is 218 cm³/mol. The smallest absolute Gasteiger partial charge is 0.303 e. The maximum atomic E-state index is 11.8. The van der Waals surface area contributed by atoms with Gasteiger partial charge in [0.2, 0.25) is 0 Å². The topological polar surface area (TPSA) is 105 Å². The van der Waals surface area contributed by atoms with Crippen LogP contribution in [0.2, 0.25) is 0 Å². The minimum atomic E-state index is -0.562. The Bertz CT molecular complexity index is 1120. The summed E-state index contributed by atoms with van der Waals surface area (Å²) in [5, 5.41) is 10.8. The maximum Gasteiger partial charge on any atom is 0.303 e. The number of carbonyl (C=O) groups is 1. The summed E-state index contributed by atoms with van der Waals surface area (Å²) in [6.07, 6.45) is 25.5. The van der Waals surface area contributed by atoms with E-state index in [0.717, 1.165) is 76.4 Å². The third-order valence-corrected chi connectivity index (χ3v) is 15.8. The van der Waals surface area contributed by atoms with E-state index in [2.05, 4.69) is 27.7 Å². The molecule has 1 aliphatic heterocycles. The van der Waals surface area contributed by atoms with Crippen LogP contribution in [0.3, 0.4) is 0 Å². The van der Waals surface area contributed by atoms with Gasteiger partial charge in [-0.3, -0.25) is 4.79 Å². The Kier molecular flexibility index (Phi) is 17.3. The fourth-order valence-corrected chi connectivity index (χ4v) is 11.6. The molecule has 0 spiro atoms. The molecule has 0 radical (unpaired) electrons. The standard InChI is InChI=1S/C47H82O9/c1-33(48)56-45(31-53-39-9-7-6-8-10-39)32-54-43-25-17-37(18-26-43)47(4,5)35-13-21-41(22-14-35)51-28-38(49)27-50-40-19-11-34(12-20-40)46(2,3)36-15-23-42(24-16-36)52-29-44-30-55-44/h34-45,49H,6-32H2,1-5H3. The molecular weight excluding hydrogens is 709 g/mol. The normalized spacial score (nSPS) is 34.8. The molecule has 1 saturated heterocycles. The van der Waals surface area contributed by atoms with Crippen LogP contribution in [0.1, 0.15) is 169 Å². The van der Waals surface area contributed by atoms with Crippen LogP contribution in [0.25, 0.3) is 0 Å². The number of esters is 1. The van der Waals surface area contributed by atoms with Gasteiger partial charge in [-0.25, -0.2) is 0 Å². The van der Waals surface area contributed by atoms with Gasteiger partial charge in [-0.15, -0.1) is 0 Å². The summed E-state index contributed by atoms with van der Waals surface area (Å²) in [7, 11) is 0. The molecule has 6 aliphatic rings. The minimum Gasteiger partial charge on any atom is -0.458 e. The molecule has 5 aliphatic carbocycles. The Hall–Kier alpha value is -0.810. The Morgan fingerprint density at radius 1 is 0.536 bits per heavy atom. The Morgan fingerprint density at radius 3 is 1.23 bits per heavy atom. The molecule has 9 heteroatoms. The molecule has 324 valence electrons. The van der Waals surface area contributed by atoms with Crippen molar-refractivity contribution >= 4 is 5.97 Å². The highest BCUT2D eigenvalue weighted by atomic mass is 16.6. The van der Waals surface area contributed by atoms with E-state index in [0.29, 0.717) is 62.0 Å². The molecule has 0 aromatic rings. The first kappa shape index (κ1) is 44.7. The highest BCUT2D eigenvalue weighted by Crippen LogP contribution is 2.50. The third-order valence-electron chi connectivity index (χ3n) is 15.8. The summed E-state index contributed by atoms with van der Waals surface area (Å²) >= 11 is 0. The van der Waals surface area contributed by atoms with Gasteiger partial charge >= 0.3 is 5.97 Å². The van der Waals surface area contributed by atoms with Crippen molar-refractivity contribution in [1.29, 1.82) is 0 Å². The average molecular weight is 791 g/mol. The van der Waals surface area contributed by atoms with Crippen LogP contribution in [-0.4, -0.2) is 99.5 Å². The zero-order valence-electron chi connectivity index (χ0n) is 36.2. The first-order valence-electron chi connectivity index (χ1n) is 23.5. The van der Waals surface area contributed by atoms with E-state index >= 15 is 0 Å². The summed E-state index contributed by atoms with van der Waals surface area (Å²) < 4.78 is 42.1.